The Labute approximate surface area is 194 Å². The highest BCUT2D eigenvalue weighted by Crippen LogP contribution is 2.38. The van der Waals surface area contributed by atoms with Gasteiger partial charge in [-0.1, -0.05) is 77.5 Å². The molecule has 5 aromatic rings. The molecule has 0 saturated heterocycles. The summed E-state index contributed by atoms with van der Waals surface area (Å²) >= 11 is 7.53. The number of para-hydroxylation sites is 1. The number of thiazole rings is 1. The van der Waals surface area contributed by atoms with Gasteiger partial charge in [0.05, 0.1) is 0 Å². The van der Waals surface area contributed by atoms with Crippen LogP contribution in [-0.4, -0.2) is 9.55 Å². The van der Waals surface area contributed by atoms with E-state index in [1.807, 2.05) is 78.9 Å². The van der Waals surface area contributed by atoms with Crippen LogP contribution in [-0.2, 0) is 0 Å². The van der Waals surface area contributed by atoms with Crippen molar-refractivity contribution in [2.75, 3.05) is 0 Å². The van der Waals surface area contributed by atoms with Gasteiger partial charge in [-0.05, 0) is 48.5 Å². The van der Waals surface area contributed by atoms with E-state index in [2.05, 4.69) is 33.8 Å². The Morgan fingerprint density at radius 3 is 2.16 bits per heavy atom. The zero-order chi connectivity index (χ0) is 21.8. The molecule has 0 aliphatic carbocycles. The van der Waals surface area contributed by atoms with Crippen molar-refractivity contribution in [2.24, 2.45) is 4.99 Å². The normalized spacial score (nSPS) is 11.5. The first-order chi connectivity index (χ1) is 15.8. The fourth-order valence-electron chi connectivity index (χ4n) is 3.29. The fourth-order valence-corrected chi connectivity index (χ4v) is 4.46. The maximum absolute atomic E-state index is 6.36. The molecular formula is C26H18ClN3OS. The van der Waals surface area contributed by atoms with Gasteiger partial charge in [0.1, 0.15) is 11.4 Å². The van der Waals surface area contributed by atoms with Crippen molar-refractivity contribution in [1.29, 1.82) is 0 Å². The van der Waals surface area contributed by atoms with Crippen molar-refractivity contribution in [3.63, 3.8) is 0 Å². The average molecular weight is 456 g/mol. The molecule has 0 radical (unpaired) electrons. The lowest BCUT2D eigenvalue weighted by atomic mass is 10.1. The largest absolute Gasteiger partial charge is 0.444 e. The predicted molar refractivity (Wildman–Crippen MR) is 130 cm³/mol. The minimum atomic E-state index is 0.635. The number of hydrogen-bond donors (Lipinski definition) is 0. The molecule has 4 nitrogen and oxygen atoms in total. The summed E-state index contributed by atoms with van der Waals surface area (Å²) < 4.78 is 8.47. The van der Waals surface area contributed by atoms with Crippen LogP contribution < -0.4 is 9.54 Å². The van der Waals surface area contributed by atoms with E-state index in [0.717, 1.165) is 26.8 Å². The molecule has 2 aromatic heterocycles. The maximum atomic E-state index is 6.36. The maximum Gasteiger partial charge on any atom is 0.209 e. The molecule has 0 bridgehead atoms. The Kier molecular flexibility index (Phi) is 5.83. The van der Waals surface area contributed by atoms with Crippen molar-refractivity contribution in [2.45, 2.75) is 0 Å². The molecule has 32 heavy (non-hydrogen) atoms. The van der Waals surface area contributed by atoms with Crippen molar-refractivity contribution in [3.05, 3.63) is 119 Å². The van der Waals surface area contributed by atoms with Crippen molar-refractivity contribution >= 4 is 28.8 Å². The molecule has 3 aromatic carbocycles. The third-order valence-electron chi connectivity index (χ3n) is 4.74. The molecule has 156 valence electrons. The first-order valence-corrected chi connectivity index (χ1v) is 11.2. The fraction of sp³-hybridized carbons (Fsp3) is 0. The van der Waals surface area contributed by atoms with Crippen LogP contribution in [0.3, 0.4) is 0 Å². The minimum Gasteiger partial charge on any atom is -0.444 e. The number of ether oxygens (including phenoxy) is 1. The van der Waals surface area contributed by atoms with Crippen LogP contribution in [0.5, 0.6) is 10.8 Å². The SMILES string of the molecule is Clc1ccc(Oc2s/c(=N\c3ccccn3)n(-c3ccccc3)c2-c2ccccc2)cc1. The van der Waals surface area contributed by atoms with E-state index in [4.69, 9.17) is 21.3 Å². The highest BCUT2D eigenvalue weighted by atomic mass is 35.5. The van der Waals surface area contributed by atoms with Crippen LogP contribution in [0, 0.1) is 0 Å². The van der Waals surface area contributed by atoms with E-state index >= 15 is 0 Å². The van der Waals surface area contributed by atoms with Crippen LogP contribution >= 0.6 is 22.9 Å². The third-order valence-corrected chi connectivity index (χ3v) is 5.91. The lowest BCUT2D eigenvalue weighted by Crippen LogP contribution is -2.13. The predicted octanol–water partition coefficient (Wildman–Crippen LogP) is 7.28. The Hall–Kier alpha value is -3.67. The summed E-state index contributed by atoms with van der Waals surface area (Å²) in [5, 5.41) is 1.40. The van der Waals surface area contributed by atoms with Gasteiger partial charge in [0.15, 0.2) is 10.6 Å². The molecular weight excluding hydrogens is 438 g/mol. The van der Waals surface area contributed by atoms with E-state index in [1.165, 1.54) is 11.3 Å². The van der Waals surface area contributed by atoms with Crippen molar-refractivity contribution < 1.29 is 4.74 Å². The molecule has 0 spiro atoms. The molecule has 6 heteroatoms. The van der Waals surface area contributed by atoms with E-state index in [1.54, 1.807) is 6.20 Å². The number of pyridine rings is 1. The summed E-state index contributed by atoms with van der Waals surface area (Å²) in [6.07, 6.45) is 1.74. The van der Waals surface area contributed by atoms with Gasteiger partial charge in [0.25, 0.3) is 0 Å². The summed E-state index contributed by atoms with van der Waals surface area (Å²) in [5.74, 6) is 1.34. The second-order valence-electron chi connectivity index (χ2n) is 6.91. The molecule has 0 saturated carbocycles. The molecule has 0 N–H and O–H groups in total. The average Bonchev–Trinajstić information content (AvgIpc) is 3.19. The Morgan fingerprint density at radius 1 is 0.781 bits per heavy atom. The summed E-state index contributed by atoms with van der Waals surface area (Å²) in [5.41, 5.74) is 2.94. The lowest BCUT2D eigenvalue weighted by molar-refractivity contribution is 0.496. The minimum absolute atomic E-state index is 0.635. The number of aromatic nitrogens is 2. The van der Waals surface area contributed by atoms with E-state index in [9.17, 15) is 0 Å². The number of benzene rings is 3. The molecule has 0 aliphatic rings. The van der Waals surface area contributed by atoms with Gasteiger partial charge in [-0.25, -0.2) is 9.98 Å². The number of halogens is 1. The van der Waals surface area contributed by atoms with Crippen LogP contribution in [0.2, 0.25) is 5.02 Å². The topological polar surface area (TPSA) is 39.4 Å². The molecule has 0 atom stereocenters. The van der Waals surface area contributed by atoms with Gasteiger partial charge in [-0.2, -0.15) is 0 Å². The molecule has 0 amide bonds. The van der Waals surface area contributed by atoms with E-state index < -0.39 is 0 Å². The Morgan fingerprint density at radius 2 is 1.47 bits per heavy atom. The lowest BCUT2D eigenvalue weighted by Gasteiger charge is -2.12. The van der Waals surface area contributed by atoms with Gasteiger partial charge in [-0.15, -0.1) is 0 Å². The quantitative estimate of drug-likeness (QED) is 0.279. The molecule has 0 unspecified atom stereocenters. The summed E-state index contributed by atoms with van der Waals surface area (Å²) in [6.45, 7) is 0. The molecule has 5 rings (SSSR count). The van der Waals surface area contributed by atoms with Crippen molar-refractivity contribution in [3.8, 4) is 27.8 Å². The first kappa shape index (κ1) is 20.2. The van der Waals surface area contributed by atoms with Crippen LogP contribution in [0.4, 0.5) is 5.82 Å². The molecule has 0 aliphatic heterocycles. The Balaban J connectivity index is 1.78. The van der Waals surface area contributed by atoms with Crippen LogP contribution in [0.15, 0.2) is 114 Å². The summed E-state index contributed by atoms with van der Waals surface area (Å²) in [4.78, 5) is 10.00. The van der Waals surface area contributed by atoms with Crippen LogP contribution in [0.1, 0.15) is 0 Å². The number of hydrogen-bond acceptors (Lipinski definition) is 4. The van der Waals surface area contributed by atoms with Crippen LogP contribution in [0.25, 0.3) is 16.9 Å². The van der Waals surface area contributed by atoms with Gasteiger partial charge in [-0.3, -0.25) is 4.57 Å². The second kappa shape index (κ2) is 9.22. The number of nitrogens with zero attached hydrogens (tertiary/aromatic N) is 3. The molecule has 0 fully saturated rings. The Bertz CT molecular complexity index is 1380. The first-order valence-electron chi connectivity index (χ1n) is 10.0. The van der Waals surface area contributed by atoms with Gasteiger partial charge >= 0.3 is 0 Å². The summed E-state index contributed by atoms with van der Waals surface area (Å²) in [6, 6.07) is 33.4. The van der Waals surface area contributed by atoms with E-state index in [-0.39, 0.29) is 0 Å². The van der Waals surface area contributed by atoms with Gasteiger partial charge < -0.3 is 4.74 Å². The van der Waals surface area contributed by atoms with Gasteiger partial charge in [0.2, 0.25) is 5.06 Å². The van der Waals surface area contributed by atoms with Crippen molar-refractivity contribution in [1.82, 2.24) is 9.55 Å². The summed E-state index contributed by atoms with van der Waals surface area (Å²) in [7, 11) is 0. The zero-order valence-electron chi connectivity index (χ0n) is 16.9. The standard InChI is InChI=1S/C26H18ClN3OS/c27-20-14-16-22(17-15-20)31-25-24(19-9-3-1-4-10-19)30(21-11-5-2-6-12-21)26(32-25)29-23-13-7-8-18-28-23/h1-18H/b29-26-. The second-order valence-corrected chi connectivity index (χ2v) is 8.29. The highest BCUT2D eigenvalue weighted by molar-refractivity contribution is 7.11. The van der Waals surface area contributed by atoms with Gasteiger partial charge in [0, 0.05) is 22.5 Å². The molecule has 2 heterocycles. The smallest absolute Gasteiger partial charge is 0.209 e. The number of rotatable bonds is 5. The third kappa shape index (κ3) is 4.35. The monoisotopic (exact) mass is 455 g/mol. The zero-order valence-corrected chi connectivity index (χ0v) is 18.5. The van der Waals surface area contributed by atoms with E-state index in [0.29, 0.717) is 16.6 Å². The highest BCUT2D eigenvalue weighted by Gasteiger charge is 2.19.